The van der Waals surface area contributed by atoms with Crippen LogP contribution in [0.4, 0.5) is 19.0 Å². The summed E-state index contributed by atoms with van der Waals surface area (Å²) in [6.45, 7) is 3.87. The number of carbonyl (C=O) groups excluding carboxylic acids is 1. The second-order valence-corrected chi connectivity index (χ2v) is 8.33. The fourth-order valence-electron chi connectivity index (χ4n) is 4.13. The molecule has 1 aliphatic heterocycles. The van der Waals surface area contributed by atoms with Gasteiger partial charge in [-0.15, -0.1) is 10.2 Å². The molecule has 0 saturated carbocycles. The van der Waals surface area contributed by atoms with Crippen LogP contribution in [0.5, 0.6) is 5.75 Å². The molecule has 11 heteroatoms. The van der Waals surface area contributed by atoms with Gasteiger partial charge in [-0.05, 0) is 55.6 Å². The lowest BCUT2D eigenvalue weighted by molar-refractivity contribution is -0.141. The number of carbonyl (C=O) groups is 1. The third-order valence-corrected chi connectivity index (χ3v) is 5.77. The van der Waals surface area contributed by atoms with Crippen molar-refractivity contribution in [2.24, 2.45) is 0 Å². The Kier molecular flexibility index (Phi) is 8.32. The maximum atomic E-state index is 13.2. The Labute approximate surface area is 196 Å². The third kappa shape index (κ3) is 6.35. The summed E-state index contributed by atoms with van der Waals surface area (Å²) in [5.74, 6) is -0.249. The number of aryl methyl sites for hydroxylation is 1. The molecule has 0 bridgehead atoms. The van der Waals surface area contributed by atoms with Gasteiger partial charge in [0.15, 0.2) is 0 Å². The number of methoxy groups -OCH3 is 2. The largest absolute Gasteiger partial charge is 0.507 e. The Morgan fingerprint density at radius 2 is 2.03 bits per heavy atom. The van der Waals surface area contributed by atoms with Crippen LogP contribution in [0.2, 0.25) is 0 Å². The van der Waals surface area contributed by atoms with Gasteiger partial charge in [0.1, 0.15) is 17.3 Å². The Bertz CT molecular complexity index is 1020. The number of anilines is 1. The summed E-state index contributed by atoms with van der Waals surface area (Å²) in [5.41, 5.74) is 0.300. The average molecular weight is 483 g/mol. The minimum absolute atomic E-state index is 0.106. The highest BCUT2D eigenvalue weighted by molar-refractivity contribution is 5.74. The number of alkyl halides is 3. The van der Waals surface area contributed by atoms with Gasteiger partial charge >= 0.3 is 12.1 Å². The first-order chi connectivity index (χ1) is 16.1. The number of aromatic nitrogens is 2. The summed E-state index contributed by atoms with van der Waals surface area (Å²) >= 11 is 0. The highest BCUT2D eigenvalue weighted by Gasteiger charge is 2.33. The van der Waals surface area contributed by atoms with E-state index in [4.69, 9.17) is 9.47 Å². The van der Waals surface area contributed by atoms with Crippen molar-refractivity contribution >= 4 is 11.8 Å². The number of halogens is 3. The van der Waals surface area contributed by atoms with Crippen LogP contribution in [-0.4, -0.2) is 66.1 Å². The Balaban J connectivity index is 1.78. The van der Waals surface area contributed by atoms with Crippen LogP contribution in [0.1, 0.15) is 36.0 Å². The predicted molar refractivity (Wildman–Crippen MR) is 119 cm³/mol. The molecule has 1 aromatic carbocycles. The van der Waals surface area contributed by atoms with Crippen molar-refractivity contribution in [3.8, 4) is 17.0 Å². The van der Waals surface area contributed by atoms with Gasteiger partial charge in [-0.25, -0.2) is 0 Å². The van der Waals surface area contributed by atoms with Crippen LogP contribution in [0.3, 0.4) is 0 Å². The first-order valence-corrected chi connectivity index (χ1v) is 10.9. The quantitative estimate of drug-likeness (QED) is 0.549. The molecule has 186 valence electrons. The fourth-order valence-corrected chi connectivity index (χ4v) is 4.13. The Morgan fingerprint density at radius 1 is 1.26 bits per heavy atom. The zero-order valence-corrected chi connectivity index (χ0v) is 19.4. The number of ether oxygens (including phenoxy) is 2. The number of hydrogen-bond acceptors (Lipinski definition) is 8. The molecular weight excluding hydrogens is 453 g/mol. The van der Waals surface area contributed by atoms with Gasteiger partial charge in [0.2, 0.25) is 0 Å². The number of phenolic OH excluding ortho intramolecular Hbond substituents is 1. The summed E-state index contributed by atoms with van der Waals surface area (Å²) < 4.78 is 49.3. The molecule has 0 radical (unpaired) electrons. The van der Waals surface area contributed by atoms with E-state index in [-0.39, 0.29) is 35.4 Å². The Morgan fingerprint density at radius 3 is 2.68 bits per heavy atom. The number of piperidine rings is 1. The lowest BCUT2D eigenvalue weighted by Crippen LogP contribution is -2.43. The normalized spacial score (nSPS) is 16.9. The zero-order valence-electron chi connectivity index (χ0n) is 19.4. The van der Waals surface area contributed by atoms with Gasteiger partial charge in [0.25, 0.3) is 0 Å². The van der Waals surface area contributed by atoms with E-state index in [1.807, 2.05) is 0 Å². The molecule has 1 fully saturated rings. The number of nitrogens with zero attached hydrogens (tertiary/aromatic N) is 3. The van der Waals surface area contributed by atoms with Crippen molar-refractivity contribution in [2.75, 3.05) is 39.2 Å². The summed E-state index contributed by atoms with van der Waals surface area (Å²) in [6, 6.07) is 3.50. The maximum Gasteiger partial charge on any atom is 0.416 e. The number of hydrogen-bond donors (Lipinski definition) is 2. The highest BCUT2D eigenvalue weighted by atomic mass is 19.4. The second kappa shape index (κ2) is 11.0. The molecule has 2 heterocycles. The minimum Gasteiger partial charge on any atom is -0.507 e. The topological polar surface area (TPSA) is 96.8 Å². The average Bonchev–Trinajstić information content (AvgIpc) is 2.78. The molecular formula is C23H29F3N4O4. The van der Waals surface area contributed by atoms with Crippen LogP contribution in [0.15, 0.2) is 18.2 Å². The van der Waals surface area contributed by atoms with E-state index >= 15 is 0 Å². The van der Waals surface area contributed by atoms with E-state index < -0.39 is 17.5 Å². The van der Waals surface area contributed by atoms with E-state index in [0.717, 1.165) is 32.0 Å². The summed E-state index contributed by atoms with van der Waals surface area (Å²) in [5, 5.41) is 22.2. The smallest absolute Gasteiger partial charge is 0.416 e. The molecule has 3 rings (SSSR count). The molecule has 1 saturated heterocycles. The van der Waals surface area contributed by atoms with Gasteiger partial charge in [0, 0.05) is 31.8 Å². The lowest BCUT2D eigenvalue weighted by atomic mass is 9.97. The van der Waals surface area contributed by atoms with Gasteiger partial charge in [0.05, 0.1) is 25.7 Å². The molecule has 2 aromatic rings. The van der Waals surface area contributed by atoms with E-state index in [1.54, 1.807) is 13.0 Å². The van der Waals surface area contributed by atoms with E-state index in [0.29, 0.717) is 30.4 Å². The molecule has 2 N–H and O–H groups in total. The predicted octanol–water partition coefficient (Wildman–Crippen LogP) is 3.76. The number of likely N-dealkylation sites (tertiary alicyclic amines) is 1. The van der Waals surface area contributed by atoms with Gasteiger partial charge in [-0.2, -0.15) is 13.2 Å². The SMILES string of the molecule is COCc1cc(C(F)(F)F)cc(O)c1-c1nnc(N[C@@H]2CCCN(CCC(=O)OC)C2)cc1C. The van der Waals surface area contributed by atoms with Crippen LogP contribution < -0.4 is 5.32 Å². The fraction of sp³-hybridized carbons (Fsp3) is 0.522. The standard InChI is InChI=1S/C23H29F3N4O4/c1-14-9-19(27-17-5-4-7-30(12-17)8-6-20(32)34-3)28-29-22(14)21-15(13-33-2)10-16(11-18(21)31)23(24,25)26/h9-11,17,31H,4-8,12-13H2,1-3H3,(H,27,28)/t17-/m1/s1. The molecule has 8 nitrogen and oxygen atoms in total. The van der Waals surface area contributed by atoms with Crippen LogP contribution in [0.25, 0.3) is 11.3 Å². The third-order valence-electron chi connectivity index (χ3n) is 5.77. The van der Waals surface area contributed by atoms with Crippen molar-refractivity contribution < 1.29 is 32.5 Å². The molecule has 0 spiro atoms. The van der Waals surface area contributed by atoms with E-state index in [9.17, 15) is 23.1 Å². The molecule has 1 atom stereocenters. The molecule has 0 aliphatic carbocycles. The molecule has 0 unspecified atom stereocenters. The van der Waals surface area contributed by atoms with E-state index in [2.05, 4.69) is 20.4 Å². The Hall–Kier alpha value is -2.92. The van der Waals surface area contributed by atoms with Gasteiger partial charge in [-0.1, -0.05) is 0 Å². The maximum absolute atomic E-state index is 13.2. The van der Waals surface area contributed by atoms with Gasteiger partial charge < -0.3 is 24.8 Å². The summed E-state index contributed by atoms with van der Waals surface area (Å²) in [7, 11) is 2.74. The first kappa shape index (κ1) is 25.7. The number of nitrogens with one attached hydrogen (secondary N) is 1. The van der Waals surface area contributed by atoms with Crippen molar-refractivity contribution in [1.82, 2.24) is 15.1 Å². The van der Waals surface area contributed by atoms with Crippen LogP contribution >= 0.6 is 0 Å². The van der Waals surface area contributed by atoms with Crippen molar-refractivity contribution in [3.63, 3.8) is 0 Å². The van der Waals surface area contributed by atoms with Crippen molar-refractivity contribution in [1.29, 1.82) is 0 Å². The number of aromatic hydroxyl groups is 1. The van der Waals surface area contributed by atoms with Crippen molar-refractivity contribution in [3.05, 3.63) is 34.9 Å². The lowest BCUT2D eigenvalue weighted by Gasteiger charge is -2.33. The molecule has 0 amide bonds. The minimum atomic E-state index is -4.60. The molecule has 34 heavy (non-hydrogen) atoms. The zero-order chi connectivity index (χ0) is 24.9. The molecule has 1 aliphatic rings. The summed E-state index contributed by atoms with van der Waals surface area (Å²) in [6.07, 6.45) is -2.38. The number of esters is 1. The first-order valence-electron chi connectivity index (χ1n) is 10.9. The number of benzene rings is 1. The van der Waals surface area contributed by atoms with Crippen molar-refractivity contribution in [2.45, 2.75) is 45.0 Å². The monoisotopic (exact) mass is 482 g/mol. The van der Waals surface area contributed by atoms with Crippen LogP contribution in [0, 0.1) is 6.92 Å². The molecule has 1 aromatic heterocycles. The number of phenols is 1. The van der Waals surface area contributed by atoms with E-state index in [1.165, 1.54) is 14.2 Å². The van der Waals surface area contributed by atoms with Gasteiger partial charge in [-0.3, -0.25) is 4.79 Å². The summed E-state index contributed by atoms with van der Waals surface area (Å²) in [4.78, 5) is 13.6. The number of rotatable bonds is 8. The van der Waals surface area contributed by atoms with Crippen LogP contribution in [-0.2, 0) is 27.1 Å². The second-order valence-electron chi connectivity index (χ2n) is 8.33. The highest BCUT2D eigenvalue weighted by Crippen LogP contribution is 2.40.